The topological polar surface area (TPSA) is 20.2 Å². The average Bonchev–Trinajstić information content (AvgIpc) is 3.18. The second-order valence-corrected chi connectivity index (χ2v) is 7.69. The zero-order chi connectivity index (χ0) is 15.4. The van der Waals surface area contributed by atoms with E-state index in [0.29, 0.717) is 0 Å². The predicted octanol–water partition coefficient (Wildman–Crippen LogP) is 6.19. The summed E-state index contributed by atoms with van der Waals surface area (Å²) in [7, 11) is 0. The van der Waals surface area contributed by atoms with Crippen LogP contribution in [0.5, 0.6) is 0 Å². The van der Waals surface area contributed by atoms with Gasteiger partial charge in [0.1, 0.15) is 0 Å². The molecule has 4 rings (SSSR count). The Morgan fingerprint density at radius 1 is 0.773 bits per heavy atom. The minimum atomic E-state index is 0.152. The number of thiophene rings is 2. The van der Waals surface area contributed by atoms with Gasteiger partial charge in [0.25, 0.3) is 0 Å². The van der Waals surface area contributed by atoms with Gasteiger partial charge in [-0.05, 0) is 35.0 Å². The van der Waals surface area contributed by atoms with Crippen molar-refractivity contribution in [2.75, 3.05) is 0 Å². The van der Waals surface area contributed by atoms with E-state index in [9.17, 15) is 0 Å². The first-order valence-electron chi connectivity index (χ1n) is 6.92. The van der Waals surface area contributed by atoms with Gasteiger partial charge < -0.3 is 5.11 Å². The van der Waals surface area contributed by atoms with Gasteiger partial charge in [0.2, 0.25) is 0 Å². The Hall–Kier alpha value is -1.20. The molecule has 1 nitrogen and oxygen atoms in total. The molecule has 0 amide bonds. The molecule has 0 aliphatic rings. The van der Waals surface area contributed by atoms with Crippen LogP contribution in [0.15, 0.2) is 60.7 Å². The maximum atomic E-state index is 8.85. The van der Waals surface area contributed by atoms with Gasteiger partial charge in [-0.2, -0.15) is 0 Å². The van der Waals surface area contributed by atoms with Crippen molar-refractivity contribution in [1.82, 2.24) is 0 Å². The lowest BCUT2D eigenvalue weighted by atomic mass is 10.2. The van der Waals surface area contributed by atoms with Gasteiger partial charge in [-0.3, -0.25) is 0 Å². The van der Waals surface area contributed by atoms with Gasteiger partial charge in [0.05, 0.1) is 6.61 Å². The second kappa shape index (κ2) is 7.38. The molecule has 0 saturated carbocycles. The maximum absolute atomic E-state index is 8.85. The molecule has 0 unspecified atom stereocenters. The number of fused-ring (bicyclic) bond motifs is 2. The van der Waals surface area contributed by atoms with Gasteiger partial charge in [-0.25, -0.2) is 0 Å². The highest BCUT2D eigenvalue weighted by Crippen LogP contribution is 2.26. The first-order valence-corrected chi connectivity index (χ1v) is 9.67. The highest BCUT2D eigenvalue weighted by Gasteiger charge is 1.98. The molecule has 4 aromatic rings. The molecule has 0 atom stereocenters. The number of halogens is 1. The van der Waals surface area contributed by atoms with Crippen LogP contribution in [0.1, 0.15) is 9.75 Å². The molecule has 2 aromatic heterocycles. The molecule has 0 radical (unpaired) electrons. The normalized spacial score (nSPS) is 10.6. The molecule has 0 aliphatic heterocycles. The van der Waals surface area contributed by atoms with E-state index in [1.165, 1.54) is 25.0 Å². The quantitative estimate of drug-likeness (QED) is 0.404. The van der Waals surface area contributed by atoms with Crippen LogP contribution < -0.4 is 0 Å². The van der Waals surface area contributed by atoms with Crippen LogP contribution in [0.2, 0.25) is 0 Å². The molecule has 2 aromatic carbocycles. The standard InChI is InChI=1S/C9H7BrS.C9H8OS/c2*10-6-8-5-7-3-1-2-4-9(7)11-8/h1-5H,6H2;1-5,10H,6H2. The summed E-state index contributed by atoms with van der Waals surface area (Å²) in [5, 5.41) is 12.4. The molecule has 0 saturated heterocycles. The van der Waals surface area contributed by atoms with Crippen LogP contribution in [-0.4, -0.2) is 5.11 Å². The summed E-state index contributed by atoms with van der Waals surface area (Å²) in [5.41, 5.74) is 0. The molecule has 4 heteroatoms. The van der Waals surface area contributed by atoms with Gasteiger partial charge >= 0.3 is 0 Å². The van der Waals surface area contributed by atoms with Crippen molar-refractivity contribution < 1.29 is 5.11 Å². The Kier molecular flexibility index (Phi) is 5.26. The molecule has 112 valence electrons. The van der Waals surface area contributed by atoms with E-state index in [4.69, 9.17) is 5.11 Å². The first kappa shape index (κ1) is 15.7. The lowest BCUT2D eigenvalue weighted by Gasteiger charge is -1.82. The summed E-state index contributed by atoms with van der Waals surface area (Å²) in [6.45, 7) is 0.152. The van der Waals surface area contributed by atoms with Crippen LogP contribution in [0.3, 0.4) is 0 Å². The number of aliphatic hydroxyl groups excluding tert-OH is 1. The van der Waals surface area contributed by atoms with Gasteiger partial charge in [-0.15, -0.1) is 22.7 Å². The number of benzene rings is 2. The molecule has 0 spiro atoms. The van der Waals surface area contributed by atoms with E-state index in [1.807, 2.05) is 29.5 Å². The lowest BCUT2D eigenvalue weighted by Crippen LogP contribution is -1.69. The molecule has 0 bridgehead atoms. The largest absolute Gasteiger partial charge is 0.391 e. The fraction of sp³-hybridized carbons (Fsp3) is 0.111. The van der Waals surface area contributed by atoms with E-state index in [-0.39, 0.29) is 6.61 Å². The van der Waals surface area contributed by atoms with Crippen molar-refractivity contribution in [3.05, 3.63) is 70.4 Å². The van der Waals surface area contributed by atoms with E-state index < -0.39 is 0 Å². The monoisotopic (exact) mass is 390 g/mol. The molecular weight excluding hydrogens is 376 g/mol. The summed E-state index contributed by atoms with van der Waals surface area (Å²) in [6.07, 6.45) is 0. The third-order valence-corrected chi connectivity index (χ3v) is 6.43. The smallest absolute Gasteiger partial charge is 0.0774 e. The molecule has 0 fully saturated rings. The predicted molar refractivity (Wildman–Crippen MR) is 102 cm³/mol. The lowest BCUT2D eigenvalue weighted by molar-refractivity contribution is 0.285. The van der Waals surface area contributed by atoms with E-state index in [2.05, 4.69) is 58.4 Å². The molecule has 1 N–H and O–H groups in total. The molecular formula is C18H15BrOS2. The van der Waals surface area contributed by atoms with Crippen molar-refractivity contribution in [2.24, 2.45) is 0 Å². The molecule has 0 aliphatic carbocycles. The summed E-state index contributed by atoms with van der Waals surface area (Å²) in [6, 6.07) is 20.9. The Morgan fingerprint density at radius 2 is 1.27 bits per heavy atom. The third kappa shape index (κ3) is 3.58. The highest BCUT2D eigenvalue weighted by atomic mass is 79.9. The van der Waals surface area contributed by atoms with Gasteiger partial charge in [-0.1, -0.05) is 52.3 Å². The Labute approximate surface area is 146 Å². The summed E-state index contributed by atoms with van der Waals surface area (Å²) < 4.78 is 2.62. The van der Waals surface area contributed by atoms with Crippen LogP contribution in [0.25, 0.3) is 20.2 Å². The number of alkyl halides is 1. The minimum Gasteiger partial charge on any atom is -0.391 e. The number of hydrogen-bond donors (Lipinski definition) is 1. The molecule has 2 heterocycles. The SMILES string of the molecule is BrCc1cc2ccccc2s1.OCc1cc2ccccc2s1. The number of hydrogen-bond acceptors (Lipinski definition) is 3. The average molecular weight is 391 g/mol. The van der Waals surface area contributed by atoms with Crippen LogP contribution in [-0.2, 0) is 11.9 Å². The van der Waals surface area contributed by atoms with E-state index >= 15 is 0 Å². The maximum Gasteiger partial charge on any atom is 0.0774 e. The second-order valence-electron chi connectivity index (χ2n) is 4.79. The van der Waals surface area contributed by atoms with Gasteiger partial charge in [0.15, 0.2) is 0 Å². The van der Waals surface area contributed by atoms with Crippen molar-refractivity contribution in [3.63, 3.8) is 0 Å². The van der Waals surface area contributed by atoms with Crippen molar-refractivity contribution in [2.45, 2.75) is 11.9 Å². The Morgan fingerprint density at radius 3 is 1.77 bits per heavy atom. The Bertz CT molecular complexity index is 739. The highest BCUT2D eigenvalue weighted by molar-refractivity contribution is 9.08. The molecule has 22 heavy (non-hydrogen) atoms. The van der Waals surface area contributed by atoms with Crippen molar-refractivity contribution in [3.8, 4) is 0 Å². The zero-order valence-electron chi connectivity index (χ0n) is 11.8. The number of rotatable bonds is 2. The number of aliphatic hydroxyl groups is 1. The fourth-order valence-electron chi connectivity index (χ4n) is 2.22. The fourth-order valence-corrected chi connectivity index (χ4v) is 4.56. The third-order valence-electron chi connectivity index (χ3n) is 3.24. The summed E-state index contributed by atoms with van der Waals surface area (Å²) in [4.78, 5) is 2.43. The Balaban J connectivity index is 0.000000131. The van der Waals surface area contributed by atoms with Gasteiger partial charge in [0, 0.05) is 24.5 Å². The van der Waals surface area contributed by atoms with Crippen LogP contribution in [0.4, 0.5) is 0 Å². The zero-order valence-corrected chi connectivity index (χ0v) is 15.0. The first-order chi connectivity index (χ1) is 10.8. The van der Waals surface area contributed by atoms with Crippen molar-refractivity contribution in [1.29, 1.82) is 0 Å². The van der Waals surface area contributed by atoms with Crippen molar-refractivity contribution >= 4 is 58.8 Å². The van der Waals surface area contributed by atoms with E-state index in [1.54, 1.807) is 11.3 Å². The summed E-state index contributed by atoms with van der Waals surface area (Å²) >= 11 is 6.94. The van der Waals surface area contributed by atoms with E-state index in [0.717, 1.165) is 10.2 Å². The summed E-state index contributed by atoms with van der Waals surface area (Å²) in [5.74, 6) is 0. The van der Waals surface area contributed by atoms with Crippen LogP contribution in [0, 0.1) is 0 Å². The minimum absolute atomic E-state index is 0.152. The van der Waals surface area contributed by atoms with Crippen LogP contribution >= 0.6 is 38.6 Å².